The van der Waals surface area contributed by atoms with Crippen molar-refractivity contribution in [2.75, 3.05) is 53.4 Å². The fourth-order valence-electron chi connectivity index (χ4n) is 1.67. The Bertz CT molecular complexity index is 265. The highest BCUT2D eigenvalue weighted by atomic mass is 16.5. The van der Waals surface area contributed by atoms with E-state index in [4.69, 9.17) is 0 Å². The van der Waals surface area contributed by atoms with Gasteiger partial charge in [0.2, 0.25) is 5.91 Å². The molecule has 1 N–H and O–H groups in total. The molecule has 0 aromatic heterocycles. The van der Waals surface area contributed by atoms with Crippen LogP contribution in [0.2, 0.25) is 0 Å². The topological polar surface area (TPSA) is 61.9 Å². The lowest BCUT2D eigenvalue weighted by molar-refractivity contribution is -0.141. The Morgan fingerprint density at radius 3 is 2.59 bits per heavy atom. The van der Waals surface area contributed by atoms with Gasteiger partial charge in [-0.1, -0.05) is 0 Å². The molecule has 1 heterocycles. The Balaban J connectivity index is 2.23. The number of likely N-dealkylation sites (N-methyl/N-ethyl adjacent to an activating group) is 1. The molecule has 1 fully saturated rings. The lowest BCUT2D eigenvalue weighted by atomic mass is 10.3. The predicted octanol–water partition coefficient (Wildman–Crippen LogP) is -1.09. The first-order valence-corrected chi connectivity index (χ1v) is 5.87. The quantitative estimate of drug-likeness (QED) is 0.622. The fourth-order valence-corrected chi connectivity index (χ4v) is 1.67. The maximum Gasteiger partial charge on any atom is 0.307 e. The first-order valence-electron chi connectivity index (χ1n) is 5.87. The van der Waals surface area contributed by atoms with E-state index in [1.54, 1.807) is 11.9 Å². The van der Waals surface area contributed by atoms with Crippen LogP contribution < -0.4 is 5.32 Å². The van der Waals surface area contributed by atoms with Gasteiger partial charge in [-0.15, -0.1) is 0 Å². The SMILES string of the molecule is COC(=O)CCN(C)C(=O)CN1CCNCC1. The van der Waals surface area contributed by atoms with Crippen LogP contribution in [-0.2, 0) is 14.3 Å². The molecular formula is C11H21N3O3. The van der Waals surface area contributed by atoms with Crippen molar-refractivity contribution in [1.29, 1.82) is 0 Å². The molecule has 0 unspecified atom stereocenters. The van der Waals surface area contributed by atoms with E-state index in [-0.39, 0.29) is 18.3 Å². The van der Waals surface area contributed by atoms with Crippen molar-refractivity contribution in [3.63, 3.8) is 0 Å². The van der Waals surface area contributed by atoms with Crippen molar-refractivity contribution in [2.24, 2.45) is 0 Å². The van der Waals surface area contributed by atoms with E-state index in [2.05, 4.69) is 15.0 Å². The van der Waals surface area contributed by atoms with E-state index in [1.807, 2.05) is 0 Å². The van der Waals surface area contributed by atoms with Crippen LogP contribution in [0.25, 0.3) is 0 Å². The molecule has 98 valence electrons. The smallest absolute Gasteiger partial charge is 0.307 e. The molecule has 1 saturated heterocycles. The van der Waals surface area contributed by atoms with Gasteiger partial charge in [0.25, 0.3) is 0 Å². The largest absolute Gasteiger partial charge is 0.469 e. The maximum atomic E-state index is 11.8. The molecule has 0 radical (unpaired) electrons. The summed E-state index contributed by atoms with van der Waals surface area (Å²) in [5.74, 6) is -0.234. The number of hydrogen-bond acceptors (Lipinski definition) is 5. The zero-order chi connectivity index (χ0) is 12.7. The molecule has 0 bridgehead atoms. The average molecular weight is 243 g/mol. The van der Waals surface area contributed by atoms with Gasteiger partial charge in [0, 0.05) is 39.8 Å². The Kier molecular flexibility index (Phi) is 5.93. The summed E-state index contributed by atoms with van der Waals surface area (Å²) >= 11 is 0. The fraction of sp³-hybridized carbons (Fsp3) is 0.818. The number of carbonyl (C=O) groups is 2. The van der Waals surface area contributed by atoms with Gasteiger partial charge in [0.1, 0.15) is 0 Å². The molecule has 0 atom stereocenters. The Labute approximate surface area is 102 Å². The Morgan fingerprint density at radius 1 is 1.35 bits per heavy atom. The number of nitrogens with one attached hydrogen (secondary N) is 1. The minimum atomic E-state index is -0.285. The molecule has 6 nitrogen and oxygen atoms in total. The predicted molar refractivity (Wildman–Crippen MR) is 63.6 cm³/mol. The second kappa shape index (κ2) is 7.24. The minimum Gasteiger partial charge on any atom is -0.469 e. The van der Waals surface area contributed by atoms with Crippen LogP contribution in [-0.4, -0.2) is 75.1 Å². The summed E-state index contributed by atoms with van der Waals surface area (Å²) in [5, 5.41) is 3.24. The first-order chi connectivity index (χ1) is 8.13. The van der Waals surface area contributed by atoms with Crippen LogP contribution in [0, 0.1) is 0 Å². The summed E-state index contributed by atoms with van der Waals surface area (Å²) in [4.78, 5) is 26.5. The molecular weight excluding hydrogens is 222 g/mol. The summed E-state index contributed by atoms with van der Waals surface area (Å²) in [5.41, 5.74) is 0. The van der Waals surface area contributed by atoms with Gasteiger partial charge in [-0.2, -0.15) is 0 Å². The number of rotatable bonds is 5. The van der Waals surface area contributed by atoms with Gasteiger partial charge in [-0.05, 0) is 0 Å². The molecule has 1 amide bonds. The molecule has 1 aliphatic rings. The van der Waals surface area contributed by atoms with Gasteiger partial charge in [0.05, 0.1) is 20.1 Å². The van der Waals surface area contributed by atoms with Gasteiger partial charge < -0.3 is 15.0 Å². The maximum absolute atomic E-state index is 11.8. The molecule has 17 heavy (non-hydrogen) atoms. The lowest BCUT2D eigenvalue weighted by Crippen LogP contribution is -2.48. The minimum absolute atomic E-state index is 0.0517. The van der Waals surface area contributed by atoms with Crippen LogP contribution >= 0.6 is 0 Å². The highest BCUT2D eigenvalue weighted by molar-refractivity contribution is 5.78. The summed E-state index contributed by atoms with van der Waals surface area (Å²) in [6.07, 6.45) is 0.250. The number of nitrogens with zero attached hydrogens (tertiary/aromatic N) is 2. The normalized spacial score (nSPS) is 16.6. The van der Waals surface area contributed by atoms with Gasteiger partial charge in [-0.3, -0.25) is 14.5 Å². The van der Waals surface area contributed by atoms with Crippen molar-refractivity contribution in [1.82, 2.24) is 15.1 Å². The van der Waals surface area contributed by atoms with Crippen molar-refractivity contribution >= 4 is 11.9 Å². The van der Waals surface area contributed by atoms with E-state index >= 15 is 0 Å². The number of carbonyl (C=O) groups excluding carboxylic acids is 2. The molecule has 0 saturated carbocycles. The summed E-state index contributed by atoms with van der Waals surface area (Å²) in [7, 11) is 3.07. The summed E-state index contributed by atoms with van der Waals surface area (Å²) in [6, 6.07) is 0. The standard InChI is InChI=1S/C11H21N3O3/c1-13(6-3-11(16)17-2)10(15)9-14-7-4-12-5-8-14/h12H,3-9H2,1-2H3. The van der Waals surface area contributed by atoms with E-state index in [9.17, 15) is 9.59 Å². The number of esters is 1. The van der Waals surface area contributed by atoms with Gasteiger partial charge in [-0.25, -0.2) is 0 Å². The number of ether oxygens (including phenoxy) is 1. The van der Waals surface area contributed by atoms with Gasteiger partial charge in [0.15, 0.2) is 0 Å². The third kappa shape index (κ3) is 5.14. The molecule has 0 aliphatic carbocycles. The lowest BCUT2D eigenvalue weighted by Gasteiger charge is -2.28. The Morgan fingerprint density at radius 2 is 2.00 bits per heavy atom. The zero-order valence-corrected chi connectivity index (χ0v) is 10.6. The van der Waals surface area contributed by atoms with Crippen molar-refractivity contribution in [2.45, 2.75) is 6.42 Å². The van der Waals surface area contributed by atoms with Crippen LogP contribution in [0.3, 0.4) is 0 Å². The zero-order valence-electron chi connectivity index (χ0n) is 10.6. The van der Waals surface area contributed by atoms with E-state index < -0.39 is 0 Å². The summed E-state index contributed by atoms with van der Waals surface area (Å²) < 4.78 is 4.53. The van der Waals surface area contributed by atoms with Crippen molar-refractivity contribution < 1.29 is 14.3 Å². The average Bonchev–Trinajstić information content (AvgIpc) is 2.36. The number of piperazine rings is 1. The van der Waals surface area contributed by atoms with Crippen molar-refractivity contribution in [3.8, 4) is 0 Å². The number of amides is 1. The monoisotopic (exact) mass is 243 g/mol. The van der Waals surface area contributed by atoms with Gasteiger partial charge >= 0.3 is 5.97 Å². The van der Waals surface area contributed by atoms with E-state index in [0.29, 0.717) is 13.1 Å². The molecule has 1 rings (SSSR count). The third-order valence-electron chi connectivity index (χ3n) is 2.87. The van der Waals surface area contributed by atoms with Crippen LogP contribution in [0.15, 0.2) is 0 Å². The second-order valence-electron chi connectivity index (χ2n) is 4.17. The molecule has 0 aromatic carbocycles. The van der Waals surface area contributed by atoms with Crippen LogP contribution in [0.1, 0.15) is 6.42 Å². The highest BCUT2D eigenvalue weighted by Gasteiger charge is 2.16. The highest BCUT2D eigenvalue weighted by Crippen LogP contribution is 1.96. The number of hydrogen-bond donors (Lipinski definition) is 1. The van der Waals surface area contributed by atoms with E-state index in [0.717, 1.165) is 26.2 Å². The first kappa shape index (κ1) is 13.9. The number of methoxy groups -OCH3 is 1. The summed E-state index contributed by atoms with van der Waals surface area (Å²) in [6.45, 7) is 4.50. The molecule has 1 aliphatic heterocycles. The third-order valence-corrected chi connectivity index (χ3v) is 2.87. The molecule has 0 aromatic rings. The second-order valence-corrected chi connectivity index (χ2v) is 4.17. The van der Waals surface area contributed by atoms with Crippen LogP contribution in [0.5, 0.6) is 0 Å². The Hall–Kier alpha value is -1.14. The van der Waals surface area contributed by atoms with Crippen molar-refractivity contribution in [3.05, 3.63) is 0 Å². The van der Waals surface area contributed by atoms with Crippen LogP contribution in [0.4, 0.5) is 0 Å². The molecule has 6 heteroatoms. The van der Waals surface area contributed by atoms with E-state index in [1.165, 1.54) is 7.11 Å². The molecule has 0 spiro atoms.